The van der Waals surface area contributed by atoms with E-state index in [0.29, 0.717) is 16.8 Å². The first-order valence-corrected chi connectivity index (χ1v) is 10.8. The van der Waals surface area contributed by atoms with E-state index in [1.807, 2.05) is 0 Å². The molecule has 1 saturated carbocycles. The number of hydrogen-bond donors (Lipinski definition) is 5. The van der Waals surface area contributed by atoms with Crippen LogP contribution in [-0.2, 0) is 32.7 Å². The summed E-state index contributed by atoms with van der Waals surface area (Å²) < 4.78 is 1.48. The fourth-order valence-corrected chi connectivity index (χ4v) is 5.41. The number of fused-ring (bicyclic) bond motifs is 3. The Balaban J connectivity index is 1.73. The number of oxime groups is 1. The average Bonchev–Trinajstić information content (AvgIpc) is 3.24. The smallest absolute Gasteiger partial charge is 0.256 e. The van der Waals surface area contributed by atoms with Gasteiger partial charge in [-0.25, -0.2) is 0 Å². The van der Waals surface area contributed by atoms with E-state index < -0.39 is 57.7 Å². The number of phenols is 1. The van der Waals surface area contributed by atoms with E-state index in [0.717, 1.165) is 7.11 Å². The lowest BCUT2D eigenvalue weighted by atomic mass is 9.58. The molecule has 2 aromatic rings. The highest BCUT2D eigenvalue weighted by molar-refractivity contribution is 6.38. The Bertz CT molecular complexity index is 1470. The Morgan fingerprint density at radius 3 is 2.56 bits per heavy atom. The lowest BCUT2D eigenvalue weighted by Gasteiger charge is -2.45. The number of nitrogens with two attached hydrogens (primary N) is 1. The number of amides is 1. The number of aliphatic hydroxyl groups excluding tert-OH is 2. The van der Waals surface area contributed by atoms with Crippen molar-refractivity contribution in [2.24, 2.45) is 29.8 Å². The minimum absolute atomic E-state index is 0.0395. The monoisotopic (exact) mass is 495 g/mol. The molecule has 186 valence electrons. The van der Waals surface area contributed by atoms with Gasteiger partial charge in [-0.15, -0.1) is 5.10 Å². The molecule has 13 heteroatoms. The maximum absolute atomic E-state index is 13.7. The number of carbonyl (C=O) groups is 3. The summed E-state index contributed by atoms with van der Waals surface area (Å²) in [6.07, 6.45) is 1.61. The van der Waals surface area contributed by atoms with Crippen LogP contribution in [0.15, 0.2) is 40.4 Å². The van der Waals surface area contributed by atoms with Gasteiger partial charge in [0.05, 0.1) is 17.7 Å². The van der Waals surface area contributed by atoms with Gasteiger partial charge in [-0.3, -0.25) is 19.1 Å². The van der Waals surface area contributed by atoms with Crippen molar-refractivity contribution in [1.29, 1.82) is 0 Å². The number of carbonyl (C=O) groups excluding carboxylic acids is 3. The van der Waals surface area contributed by atoms with Crippen molar-refractivity contribution in [2.45, 2.75) is 18.4 Å². The molecule has 1 aromatic heterocycles. The number of benzene rings is 1. The second kappa shape index (κ2) is 7.75. The van der Waals surface area contributed by atoms with Gasteiger partial charge < -0.3 is 31.0 Å². The van der Waals surface area contributed by atoms with Crippen molar-refractivity contribution in [3.63, 3.8) is 0 Å². The number of nitrogens with zero attached hydrogens (tertiary/aromatic N) is 4. The van der Waals surface area contributed by atoms with E-state index in [2.05, 4.69) is 15.5 Å². The van der Waals surface area contributed by atoms with Gasteiger partial charge in [-0.1, -0.05) is 10.4 Å². The van der Waals surface area contributed by atoms with Crippen LogP contribution in [-0.4, -0.2) is 71.3 Å². The van der Waals surface area contributed by atoms with Gasteiger partial charge in [0.2, 0.25) is 11.6 Å². The molecule has 1 aromatic carbocycles. The highest BCUT2D eigenvalue weighted by Gasteiger charge is 2.64. The standard InChI is InChI=1S/C23H21N5O8/c1-28-7-12(25-27-28)9-3-4-13(29)15-10(9)5-8-6-11-17(26-36-2)19(31)16(22(24)34)21(33)23(11,35)20(32)14(8)18(15)30/h3-4,7-8,11,29-31,35H,5-6H2,1-2H3,(H2,24,34)/b26-17-/t8-,11-,23-/m0/s1. The van der Waals surface area contributed by atoms with Crippen molar-refractivity contribution in [3.8, 4) is 17.0 Å². The van der Waals surface area contributed by atoms with Crippen LogP contribution in [0.3, 0.4) is 0 Å². The molecule has 0 spiro atoms. The van der Waals surface area contributed by atoms with Crippen LogP contribution in [0.4, 0.5) is 0 Å². The number of aromatic hydroxyl groups is 1. The lowest BCUT2D eigenvalue weighted by Crippen LogP contribution is -2.64. The maximum atomic E-state index is 13.7. The number of hydrogen-bond acceptors (Lipinski definition) is 11. The van der Waals surface area contributed by atoms with Crippen LogP contribution in [0.2, 0.25) is 0 Å². The molecule has 13 nitrogen and oxygen atoms in total. The van der Waals surface area contributed by atoms with E-state index in [-0.39, 0.29) is 29.7 Å². The van der Waals surface area contributed by atoms with Crippen molar-refractivity contribution in [1.82, 2.24) is 15.0 Å². The van der Waals surface area contributed by atoms with E-state index in [4.69, 9.17) is 10.6 Å². The van der Waals surface area contributed by atoms with E-state index in [1.54, 1.807) is 19.3 Å². The molecule has 0 radical (unpaired) electrons. The largest absolute Gasteiger partial charge is 0.507 e. The summed E-state index contributed by atoms with van der Waals surface area (Å²) in [7, 11) is 2.82. The van der Waals surface area contributed by atoms with Gasteiger partial charge in [0.15, 0.2) is 11.4 Å². The van der Waals surface area contributed by atoms with Gasteiger partial charge >= 0.3 is 0 Å². The van der Waals surface area contributed by atoms with E-state index in [1.165, 1.54) is 10.7 Å². The number of rotatable bonds is 3. The Labute approximate surface area is 202 Å². The van der Waals surface area contributed by atoms with Crippen LogP contribution >= 0.6 is 0 Å². The van der Waals surface area contributed by atoms with Crippen molar-refractivity contribution < 1.29 is 39.6 Å². The first kappa shape index (κ1) is 23.2. The van der Waals surface area contributed by atoms with Gasteiger partial charge in [0.25, 0.3) is 5.91 Å². The molecular weight excluding hydrogens is 474 g/mol. The van der Waals surface area contributed by atoms with Crippen molar-refractivity contribution >= 4 is 28.9 Å². The van der Waals surface area contributed by atoms with Gasteiger partial charge in [-0.2, -0.15) is 0 Å². The molecule has 3 aliphatic carbocycles. The normalized spacial score (nSPS) is 26.6. The molecule has 0 unspecified atom stereocenters. The summed E-state index contributed by atoms with van der Waals surface area (Å²) in [5.41, 5.74) is 2.13. The summed E-state index contributed by atoms with van der Waals surface area (Å²) >= 11 is 0. The first-order chi connectivity index (χ1) is 17.0. The molecule has 6 N–H and O–H groups in total. The molecule has 1 amide bonds. The Morgan fingerprint density at radius 1 is 1.22 bits per heavy atom. The quantitative estimate of drug-likeness (QED) is 0.215. The zero-order valence-corrected chi connectivity index (χ0v) is 19.1. The number of aryl methyl sites for hydroxylation is 1. The molecule has 0 aliphatic heterocycles. The van der Waals surface area contributed by atoms with Crippen LogP contribution in [0.1, 0.15) is 17.5 Å². The highest BCUT2D eigenvalue weighted by atomic mass is 16.6. The minimum Gasteiger partial charge on any atom is -0.507 e. The number of phenolic OH excluding ortho intramolecular Hbond substituents is 1. The number of aliphatic hydroxyl groups is 3. The molecule has 36 heavy (non-hydrogen) atoms. The molecule has 5 rings (SSSR count). The lowest BCUT2D eigenvalue weighted by molar-refractivity contribution is -0.153. The summed E-state index contributed by atoms with van der Waals surface area (Å²) in [5, 5.41) is 55.5. The third-order valence-corrected chi connectivity index (χ3v) is 6.95. The number of Topliss-reactive ketones (excluding diaryl/α,β-unsaturated/α-hetero) is 2. The van der Waals surface area contributed by atoms with Crippen LogP contribution in [0.25, 0.3) is 17.0 Å². The Kier molecular flexibility index (Phi) is 5.00. The third kappa shape index (κ3) is 2.92. The van der Waals surface area contributed by atoms with Gasteiger partial charge in [0.1, 0.15) is 35.6 Å². The van der Waals surface area contributed by atoms with E-state index in [9.17, 15) is 34.8 Å². The predicted octanol–water partition coefficient (Wildman–Crippen LogP) is -0.168. The molecule has 1 heterocycles. The zero-order chi connectivity index (χ0) is 26.1. The summed E-state index contributed by atoms with van der Waals surface area (Å²) in [6, 6.07) is 2.93. The highest BCUT2D eigenvalue weighted by Crippen LogP contribution is 2.51. The molecular formula is C23H21N5O8. The second-order valence-corrected chi connectivity index (χ2v) is 8.89. The molecule has 1 fully saturated rings. The predicted molar refractivity (Wildman–Crippen MR) is 121 cm³/mol. The van der Waals surface area contributed by atoms with Crippen LogP contribution < -0.4 is 5.73 Å². The summed E-state index contributed by atoms with van der Waals surface area (Å²) in [6.45, 7) is 0. The number of primary amides is 1. The molecule has 0 saturated heterocycles. The summed E-state index contributed by atoms with van der Waals surface area (Å²) in [4.78, 5) is 43.5. The SMILES string of the molecule is CO/N=C1\C(O)=C(C(N)=O)C(=O)[C@@]2(O)C(=O)C3=C(O)c4c(O)ccc(-c5cn(C)nn5)c4C[C@H]3C[C@@H]12. The number of aromatic nitrogens is 3. The maximum Gasteiger partial charge on any atom is 0.256 e. The first-order valence-electron chi connectivity index (χ1n) is 10.8. The molecule has 3 aliphatic rings. The topological polar surface area (TPSA) is 210 Å². The zero-order valence-electron chi connectivity index (χ0n) is 19.1. The third-order valence-electron chi connectivity index (χ3n) is 6.95. The minimum atomic E-state index is -2.89. The van der Waals surface area contributed by atoms with Crippen LogP contribution in [0, 0.1) is 11.8 Å². The molecule has 3 atom stereocenters. The van der Waals surface area contributed by atoms with Crippen LogP contribution in [0.5, 0.6) is 5.75 Å². The van der Waals surface area contributed by atoms with Gasteiger partial charge in [0, 0.05) is 18.2 Å². The Morgan fingerprint density at radius 2 is 1.94 bits per heavy atom. The van der Waals surface area contributed by atoms with Gasteiger partial charge in [-0.05, 0) is 36.5 Å². The van der Waals surface area contributed by atoms with Crippen molar-refractivity contribution in [2.75, 3.05) is 7.11 Å². The Hall–Kier alpha value is -4.52. The number of allylic oxidation sites excluding steroid dienone is 1. The fourth-order valence-electron chi connectivity index (χ4n) is 5.41. The number of ketones is 2. The average molecular weight is 495 g/mol. The van der Waals surface area contributed by atoms with E-state index >= 15 is 0 Å². The second-order valence-electron chi connectivity index (χ2n) is 8.89. The molecule has 0 bridgehead atoms. The summed E-state index contributed by atoms with van der Waals surface area (Å²) in [5.74, 6) is -7.94. The fraction of sp³-hybridized carbons (Fsp3) is 0.304. The van der Waals surface area contributed by atoms with Crippen molar-refractivity contribution in [3.05, 3.63) is 46.4 Å².